The summed E-state index contributed by atoms with van der Waals surface area (Å²) in [4.78, 5) is 38.1. The van der Waals surface area contributed by atoms with Crippen molar-refractivity contribution in [2.45, 2.75) is 12.5 Å². The van der Waals surface area contributed by atoms with Crippen LogP contribution in [-0.4, -0.2) is 39.2 Å². The number of carbonyl (C=O) groups is 3. The van der Waals surface area contributed by atoms with Gasteiger partial charge < -0.3 is 20.3 Å². The number of hydrogen-bond donors (Lipinski definition) is 4. The van der Waals surface area contributed by atoms with Crippen molar-refractivity contribution in [2.75, 3.05) is 6.54 Å². The Morgan fingerprint density at radius 2 is 2.26 bits per heavy atom. The molecule has 19 heavy (non-hydrogen) atoms. The molecule has 1 aromatic heterocycles. The minimum Gasteiger partial charge on any atom is -0.465 e. The topological polar surface area (TPSA) is 125 Å². The van der Waals surface area contributed by atoms with Crippen LogP contribution in [0.4, 0.5) is 9.59 Å². The molecule has 0 bridgehead atoms. The first-order valence-corrected chi connectivity index (χ1v) is 5.45. The minimum atomic E-state index is -1.48. The molecule has 1 aliphatic heterocycles. The van der Waals surface area contributed by atoms with Crippen LogP contribution in [0.3, 0.4) is 0 Å². The lowest BCUT2D eigenvalue weighted by Crippen LogP contribution is -2.53. The zero-order valence-electron chi connectivity index (χ0n) is 10.4. The number of carbonyl (C=O) groups excluding carboxylic acids is 2. The number of amides is 4. The molecule has 0 radical (unpaired) electrons. The monoisotopic (exact) mass is 267 g/mol. The smallest absolute Gasteiger partial charge is 0.404 e. The lowest BCUT2D eigenvalue weighted by Gasteiger charge is -2.26. The maximum atomic E-state index is 12.1. The van der Waals surface area contributed by atoms with Crippen LogP contribution in [0.2, 0.25) is 0 Å². The van der Waals surface area contributed by atoms with Crippen molar-refractivity contribution >= 4 is 18.0 Å². The number of aromatic nitrogens is 2. The third-order valence-electron chi connectivity index (χ3n) is 2.97. The van der Waals surface area contributed by atoms with Gasteiger partial charge in [0.2, 0.25) is 0 Å². The summed E-state index contributed by atoms with van der Waals surface area (Å²) in [5.74, 6) is -0.613. The van der Waals surface area contributed by atoms with Crippen LogP contribution in [-0.2, 0) is 17.4 Å². The van der Waals surface area contributed by atoms with E-state index in [2.05, 4.69) is 20.9 Å². The molecular weight excluding hydrogens is 254 g/mol. The van der Waals surface area contributed by atoms with Crippen molar-refractivity contribution in [3.63, 3.8) is 0 Å². The van der Waals surface area contributed by atoms with E-state index in [4.69, 9.17) is 5.11 Å². The highest BCUT2D eigenvalue weighted by atomic mass is 16.4. The highest BCUT2D eigenvalue weighted by Crippen LogP contribution is 2.26. The fourth-order valence-electron chi connectivity index (χ4n) is 2.23. The Morgan fingerprint density at radius 3 is 2.68 bits per heavy atom. The molecule has 9 nitrogen and oxygen atoms in total. The summed E-state index contributed by atoms with van der Waals surface area (Å²) in [7, 11) is 1.66. The quantitative estimate of drug-likeness (QED) is 0.524. The molecule has 1 unspecified atom stereocenters. The standard InChI is InChI=1S/C10H13N5O4/c1-5-6(15(2)4-12-5)10(3-11-9(18)19)7(16)13-8(17)14-10/h4,11H,3H2,1-2H3,(H,18,19)(H2,13,14,16,17). The third kappa shape index (κ3) is 1.98. The Bertz CT molecular complexity index is 547. The molecule has 9 heteroatoms. The first-order chi connectivity index (χ1) is 8.86. The number of urea groups is 1. The maximum Gasteiger partial charge on any atom is 0.404 e. The summed E-state index contributed by atoms with van der Waals surface area (Å²) in [6.07, 6.45) is 0.207. The Kier molecular flexibility index (Phi) is 2.89. The maximum absolute atomic E-state index is 12.1. The lowest BCUT2D eigenvalue weighted by molar-refractivity contribution is -0.124. The van der Waals surface area contributed by atoms with E-state index in [0.29, 0.717) is 11.4 Å². The lowest BCUT2D eigenvalue weighted by atomic mass is 9.93. The summed E-state index contributed by atoms with van der Waals surface area (Å²) in [5, 5.41) is 15.4. The van der Waals surface area contributed by atoms with Crippen LogP contribution in [0.1, 0.15) is 11.4 Å². The number of imide groups is 1. The number of aryl methyl sites for hydroxylation is 2. The van der Waals surface area contributed by atoms with Gasteiger partial charge in [0.25, 0.3) is 5.91 Å². The molecule has 4 amide bonds. The molecule has 4 N–H and O–H groups in total. The SMILES string of the molecule is Cc1ncn(C)c1C1(CNC(=O)O)NC(=O)NC1=O. The fraction of sp³-hybridized carbons (Fsp3) is 0.400. The zero-order valence-corrected chi connectivity index (χ0v) is 10.4. The van der Waals surface area contributed by atoms with Gasteiger partial charge in [0.05, 0.1) is 24.3 Å². The van der Waals surface area contributed by atoms with Crippen LogP contribution in [0, 0.1) is 6.92 Å². The molecule has 1 saturated heterocycles. The van der Waals surface area contributed by atoms with Crippen LogP contribution < -0.4 is 16.0 Å². The highest BCUT2D eigenvalue weighted by molar-refractivity contribution is 6.07. The Morgan fingerprint density at radius 1 is 1.58 bits per heavy atom. The van der Waals surface area contributed by atoms with E-state index in [9.17, 15) is 14.4 Å². The molecular formula is C10H13N5O4. The zero-order chi connectivity index (χ0) is 14.2. The first kappa shape index (κ1) is 12.9. The molecule has 0 saturated carbocycles. The molecule has 0 aliphatic carbocycles. The summed E-state index contributed by atoms with van der Waals surface area (Å²) in [6, 6.07) is -0.669. The van der Waals surface area contributed by atoms with Crippen molar-refractivity contribution in [2.24, 2.45) is 7.05 Å². The molecule has 1 fully saturated rings. The van der Waals surface area contributed by atoms with Crippen molar-refractivity contribution in [3.05, 3.63) is 17.7 Å². The van der Waals surface area contributed by atoms with Crippen molar-refractivity contribution in [1.82, 2.24) is 25.5 Å². The van der Waals surface area contributed by atoms with Crippen molar-refractivity contribution in [1.29, 1.82) is 0 Å². The predicted molar refractivity (Wildman–Crippen MR) is 62.3 cm³/mol. The van der Waals surface area contributed by atoms with Crippen LogP contribution >= 0.6 is 0 Å². The normalized spacial score (nSPS) is 22.0. The van der Waals surface area contributed by atoms with Gasteiger partial charge in [0.1, 0.15) is 0 Å². The predicted octanol–water partition coefficient (Wildman–Crippen LogP) is -0.969. The number of rotatable bonds is 3. The molecule has 0 spiro atoms. The first-order valence-electron chi connectivity index (χ1n) is 5.45. The van der Waals surface area contributed by atoms with E-state index < -0.39 is 23.6 Å². The second kappa shape index (κ2) is 4.26. The summed E-state index contributed by atoms with van der Waals surface area (Å²) in [6.45, 7) is 1.40. The largest absolute Gasteiger partial charge is 0.465 e. The Balaban J connectivity index is 2.49. The van der Waals surface area contributed by atoms with Gasteiger partial charge in [-0.2, -0.15) is 0 Å². The summed E-state index contributed by atoms with van der Waals surface area (Å²) < 4.78 is 1.57. The second-order valence-electron chi connectivity index (χ2n) is 4.26. The van der Waals surface area contributed by atoms with Gasteiger partial charge in [0, 0.05) is 7.05 Å². The van der Waals surface area contributed by atoms with Gasteiger partial charge in [-0.25, -0.2) is 14.6 Å². The third-order valence-corrected chi connectivity index (χ3v) is 2.97. The van der Waals surface area contributed by atoms with Gasteiger partial charge in [-0.15, -0.1) is 0 Å². The average molecular weight is 267 g/mol. The van der Waals surface area contributed by atoms with Crippen LogP contribution in [0.15, 0.2) is 6.33 Å². The molecule has 102 valence electrons. The summed E-state index contributed by atoms with van der Waals surface area (Å²) in [5.41, 5.74) is -0.512. The van der Waals surface area contributed by atoms with Gasteiger partial charge in [0.15, 0.2) is 5.54 Å². The van der Waals surface area contributed by atoms with E-state index in [1.165, 1.54) is 6.33 Å². The summed E-state index contributed by atoms with van der Waals surface area (Å²) >= 11 is 0. The van der Waals surface area contributed by atoms with Crippen LogP contribution in [0.5, 0.6) is 0 Å². The Hall–Kier alpha value is -2.58. The number of hydrogen-bond acceptors (Lipinski definition) is 4. The van der Waals surface area contributed by atoms with E-state index in [1.54, 1.807) is 18.5 Å². The van der Waals surface area contributed by atoms with E-state index in [-0.39, 0.29) is 6.54 Å². The van der Waals surface area contributed by atoms with Crippen molar-refractivity contribution in [3.8, 4) is 0 Å². The van der Waals surface area contributed by atoms with E-state index >= 15 is 0 Å². The minimum absolute atomic E-state index is 0.278. The fourth-order valence-corrected chi connectivity index (χ4v) is 2.23. The highest BCUT2D eigenvalue weighted by Gasteiger charge is 2.50. The average Bonchev–Trinajstić information content (AvgIpc) is 2.78. The number of nitrogens with zero attached hydrogens (tertiary/aromatic N) is 2. The number of imidazole rings is 1. The van der Waals surface area contributed by atoms with E-state index in [0.717, 1.165) is 0 Å². The van der Waals surface area contributed by atoms with Crippen molar-refractivity contribution < 1.29 is 19.5 Å². The second-order valence-corrected chi connectivity index (χ2v) is 4.26. The molecule has 1 aromatic rings. The number of carboxylic acid groups (broad SMARTS) is 1. The van der Waals surface area contributed by atoms with Gasteiger partial charge >= 0.3 is 12.1 Å². The Labute approximate surface area is 108 Å². The van der Waals surface area contributed by atoms with Gasteiger partial charge in [-0.1, -0.05) is 0 Å². The molecule has 2 heterocycles. The van der Waals surface area contributed by atoms with Gasteiger partial charge in [-0.05, 0) is 6.92 Å². The van der Waals surface area contributed by atoms with Gasteiger partial charge in [-0.3, -0.25) is 10.1 Å². The van der Waals surface area contributed by atoms with E-state index in [1.807, 2.05) is 0 Å². The molecule has 1 atom stereocenters. The molecule has 0 aromatic carbocycles. The molecule has 1 aliphatic rings. The molecule has 2 rings (SSSR count). The van der Waals surface area contributed by atoms with Crippen LogP contribution in [0.25, 0.3) is 0 Å². The number of nitrogens with one attached hydrogen (secondary N) is 3.